The highest BCUT2D eigenvalue weighted by Crippen LogP contribution is 2.46. The van der Waals surface area contributed by atoms with Gasteiger partial charge in [-0.25, -0.2) is 0 Å². The molecule has 0 aromatic carbocycles. The van der Waals surface area contributed by atoms with Crippen LogP contribution < -0.4 is 0 Å². The Morgan fingerprint density at radius 2 is 2.00 bits per heavy atom. The summed E-state index contributed by atoms with van der Waals surface area (Å²) < 4.78 is 5.45. The molecule has 1 aliphatic heterocycles. The molecular weight excluding hydrogens is 236 g/mol. The van der Waals surface area contributed by atoms with E-state index in [-0.39, 0.29) is 0 Å². The second-order valence-corrected chi connectivity index (χ2v) is 6.63. The standard InChI is InChI=1S/C16H24N2O/c1-2-15(19-9-1)12-17-5-7-18(8-6-17)16-11-13-3-4-14(16)10-13/h1-2,9,13-14,16H,3-8,10-12H2/t13-,14+,16-/m1/s1. The molecule has 1 saturated heterocycles. The molecule has 0 spiro atoms. The van der Waals surface area contributed by atoms with Crippen molar-refractivity contribution in [2.24, 2.45) is 11.8 Å². The molecule has 1 aromatic heterocycles. The average molecular weight is 260 g/mol. The van der Waals surface area contributed by atoms with Crippen LogP contribution >= 0.6 is 0 Å². The average Bonchev–Trinajstić information content (AvgIpc) is 3.16. The smallest absolute Gasteiger partial charge is 0.117 e. The van der Waals surface area contributed by atoms with Crippen molar-refractivity contribution in [3.63, 3.8) is 0 Å². The SMILES string of the molecule is c1coc(CN2CCN([C@@H]3C[C@@H]4CC[C@H]3C4)CC2)c1. The van der Waals surface area contributed by atoms with Crippen molar-refractivity contribution in [1.29, 1.82) is 0 Å². The highest BCUT2D eigenvalue weighted by atomic mass is 16.3. The highest BCUT2D eigenvalue weighted by molar-refractivity contribution is 4.99. The molecule has 19 heavy (non-hydrogen) atoms. The zero-order valence-corrected chi connectivity index (χ0v) is 11.6. The van der Waals surface area contributed by atoms with Crippen molar-refractivity contribution in [3.05, 3.63) is 24.2 Å². The van der Waals surface area contributed by atoms with Gasteiger partial charge in [0.2, 0.25) is 0 Å². The first-order chi connectivity index (χ1) is 9.38. The van der Waals surface area contributed by atoms with E-state index >= 15 is 0 Å². The highest BCUT2D eigenvalue weighted by Gasteiger charge is 2.42. The molecule has 2 aliphatic carbocycles. The summed E-state index contributed by atoms with van der Waals surface area (Å²) in [6.45, 7) is 5.91. The van der Waals surface area contributed by atoms with Gasteiger partial charge in [0.25, 0.3) is 0 Å². The fraction of sp³-hybridized carbons (Fsp3) is 0.750. The van der Waals surface area contributed by atoms with Crippen molar-refractivity contribution in [2.45, 2.75) is 38.3 Å². The summed E-state index contributed by atoms with van der Waals surface area (Å²) in [5, 5.41) is 0. The third kappa shape index (κ3) is 2.34. The number of furan rings is 1. The number of hydrogen-bond acceptors (Lipinski definition) is 3. The van der Waals surface area contributed by atoms with E-state index < -0.39 is 0 Å². The van der Waals surface area contributed by atoms with Gasteiger partial charge in [0.1, 0.15) is 5.76 Å². The summed E-state index contributed by atoms with van der Waals surface area (Å²) in [4.78, 5) is 5.31. The second kappa shape index (κ2) is 4.95. The molecule has 0 amide bonds. The molecule has 3 atom stereocenters. The van der Waals surface area contributed by atoms with Crippen LogP contribution in [0.5, 0.6) is 0 Å². The minimum absolute atomic E-state index is 0.921. The van der Waals surface area contributed by atoms with Crippen LogP contribution in [0.3, 0.4) is 0 Å². The maximum Gasteiger partial charge on any atom is 0.117 e. The summed E-state index contributed by atoms with van der Waals surface area (Å²) in [6.07, 6.45) is 7.81. The Kier molecular flexibility index (Phi) is 3.12. The summed E-state index contributed by atoms with van der Waals surface area (Å²) in [6, 6.07) is 4.99. The zero-order valence-electron chi connectivity index (χ0n) is 11.6. The van der Waals surface area contributed by atoms with E-state index in [0.29, 0.717) is 0 Å². The van der Waals surface area contributed by atoms with Gasteiger partial charge in [-0.1, -0.05) is 6.42 Å². The number of hydrogen-bond donors (Lipinski definition) is 0. The third-order valence-electron chi connectivity index (χ3n) is 5.54. The van der Waals surface area contributed by atoms with Crippen molar-refractivity contribution < 1.29 is 4.42 Å². The van der Waals surface area contributed by atoms with Crippen LogP contribution in [0.15, 0.2) is 22.8 Å². The van der Waals surface area contributed by atoms with Crippen LogP contribution in [0.2, 0.25) is 0 Å². The molecule has 2 bridgehead atoms. The van der Waals surface area contributed by atoms with Crippen molar-refractivity contribution in [1.82, 2.24) is 9.80 Å². The van der Waals surface area contributed by atoms with Gasteiger partial charge < -0.3 is 4.42 Å². The summed E-state index contributed by atoms with van der Waals surface area (Å²) >= 11 is 0. The first kappa shape index (κ1) is 12.0. The normalized spacial score (nSPS) is 36.1. The van der Waals surface area contributed by atoms with Gasteiger partial charge in [-0.3, -0.25) is 9.80 Å². The molecule has 3 aliphatic rings. The van der Waals surface area contributed by atoms with Crippen LogP contribution in [0.4, 0.5) is 0 Å². The third-order valence-corrected chi connectivity index (χ3v) is 5.54. The van der Waals surface area contributed by atoms with Gasteiger partial charge in [0.15, 0.2) is 0 Å². The molecule has 4 rings (SSSR count). The molecule has 3 fully saturated rings. The van der Waals surface area contributed by atoms with Gasteiger partial charge in [-0.2, -0.15) is 0 Å². The fourth-order valence-electron chi connectivity index (χ4n) is 4.53. The van der Waals surface area contributed by atoms with Gasteiger partial charge in [0, 0.05) is 32.2 Å². The lowest BCUT2D eigenvalue weighted by molar-refractivity contribution is 0.0650. The largest absolute Gasteiger partial charge is 0.468 e. The predicted molar refractivity (Wildman–Crippen MR) is 74.8 cm³/mol. The van der Waals surface area contributed by atoms with Gasteiger partial charge >= 0.3 is 0 Å². The van der Waals surface area contributed by atoms with Crippen LogP contribution in [0, 0.1) is 11.8 Å². The van der Waals surface area contributed by atoms with Crippen molar-refractivity contribution >= 4 is 0 Å². The van der Waals surface area contributed by atoms with Crippen LogP contribution in [-0.4, -0.2) is 42.0 Å². The van der Waals surface area contributed by atoms with E-state index in [0.717, 1.165) is 30.2 Å². The van der Waals surface area contributed by atoms with Gasteiger partial charge in [-0.15, -0.1) is 0 Å². The van der Waals surface area contributed by atoms with E-state index in [1.807, 2.05) is 6.07 Å². The van der Waals surface area contributed by atoms with E-state index in [4.69, 9.17) is 4.42 Å². The topological polar surface area (TPSA) is 19.6 Å². The minimum Gasteiger partial charge on any atom is -0.468 e. The fourth-order valence-corrected chi connectivity index (χ4v) is 4.53. The number of nitrogens with zero attached hydrogens (tertiary/aromatic N) is 2. The quantitative estimate of drug-likeness (QED) is 0.833. The lowest BCUT2D eigenvalue weighted by Crippen LogP contribution is -2.51. The lowest BCUT2D eigenvalue weighted by atomic mass is 9.93. The van der Waals surface area contributed by atoms with Crippen LogP contribution in [0.1, 0.15) is 31.4 Å². The molecule has 3 heteroatoms. The number of rotatable bonds is 3. The Balaban J connectivity index is 1.30. The molecule has 0 unspecified atom stereocenters. The summed E-state index contributed by atoms with van der Waals surface area (Å²) in [5.41, 5.74) is 0. The molecule has 1 aromatic rings. The molecule has 104 valence electrons. The van der Waals surface area contributed by atoms with E-state index in [2.05, 4.69) is 15.9 Å². The van der Waals surface area contributed by atoms with Gasteiger partial charge in [-0.05, 0) is 43.2 Å². The first-order valence-corrected chi connectivity index (χ1v) is 7.87. The Labute approximate surface area is 115 Å². The Bertz CT molecular complexity index is 408. The number of piperazine rings is 1. The molecule has 3 nitrogen and oxygen atoms in total. The molecular formula is C16H24N2O. The number of fused-ring (bicyclic) bond motifs is 2. The zero-order chi connectivity index (χ0) is 12.7. The molecule has 2 heterocycles. The van der Waals surface area contributed by atoms with Crippen molar-refractivity contribution in [2.75, 3.05) is 26.2 Å². The first-order valence-electron chi connectivity index (χ1n) is 7.87. The molecule has 2 saturated carbocycles. The molecule has 0 radical (unpaired) electrons. The van der Waals surface area contributed by atoms with E-state index in [1.54, 1.807) is 6.26 Å². The second-order valence-electron chi connectivity index (χ2n) is 6.63. The summed E-state index contributed by atoms with van der Waals surface area (Å²) in [5.74, 6) is 3.20. The maximum atomic E-state index is 5.45. The van der Waals surface area contributed by atoms with Crippen LogP contribution in [0.25, 0.3) is 0 Å². The van der Waals surface area contributed by atoms with Gasteiger partial charge in [0.05, 0.1) is 12.8 Å². The minimum atomic E-state index is 0.921. The molecule has 0 N–H and O–H groups in total. The Morgan fingerprint density at radius 1 is 1.11 bits per heavy atom. The Morgan fingerprint density at radius 3 is 2.63 bits per heavy atom. The lowest BCUT2D eigenvalue weighted by Gasteiger charge is -2.40. The van der Waals surface area contributed by atoms with Crippen LogP contribution in [-0.2, 0) is 6.54 Å². The van der Waals surface area contributed by atoms with E-state index in [9.17, 15) is 0 Å². The predicted octanol–water partition coefficient (Wildman–Crippen LogP) is 2.59. The van der Waals surface area contributed by atoms with Crippen molar-refractivity contribution in [3.8, 4) is 0 Å². The monoisotopic (exact) mass is 260 g/mol. The Hall–Kier alpha value is -0.800. The van der Waals surface area contributed by atoms with E-state index in [1.165, 1.54) is 51.9 Å². The maximum absolute atomic E-state index is 5.45. The summed E-state index contributed by atoms with van der Waals surface area (Å²) in [7, 11) is 0.